The van der Waals surface area contributed by atoms with Crippen molar-refractivity contribution in [2.75, 3.05) is 5.75 Å². The van der Waals surface area contributed by atoms with Crippen molar-refractivity contribution in [3.63, 3.8) is 0 Å². The van der Waals surface area contributed by atoms with E-state index in [1.54, 1.807) is 13.8 Å². The van der Waals surface area contributed by atoms with Crippen molar-refractivity contribution < 1.29 is 8.42 Å². The van der Waals surface area contributed by atoms with E-state index in [-0.39, 0.29) is 5.25 Å². The third kappa shape index (κ3) is 5.65. The molecule has 0 radical (unpaired) electrons. The summed E-state index contributed by atoms with van der Waals surface area (Å²) in [6.45, 7) is 3.55. The second-order valence-corrected chi connectivity index (χ2v) is 10.5. The summed E-state index contributed by atoms with van der Waals surface area (Å²) in [5, 5.41) is 0.962. The minimum atomic E-state index is -2.91. The molecule has 1 aromatic carbocycles. The molecule has 1 saturated carbocycles. The van der Waals surface area contributed by atoms with Gasteiger partial charge in [0, 0.05) is 0 Å². The van der Waals surface area contributed by atoms with E-state index in [4.69, 9.17) is 23.2 Å². The molecule has 0 aromatic heterocycles. The highest BCUT2D eigenvalue weighted by molar-refractivity contribution is 7.91. The Balaban J connectivity index is 1.77. The lowest BCUT2D eigenvalue weighted by Crippen LogP contribution is -2.26. The van der Waals surface area contributed by atoms with Gasteiger partial charge in [-0.15, -0.1) is 0 Å². The number of benzene rings is 1. The zero-order chi connectivity index (χ0) is 17.0. The van der Waals surface area contributed by atoms with Crippen LogP contribution in [0.15, 0.2) is 18.2 Å². The number of rotatable bonds is 6. The SMILES string of the molecule is CC(C)S(=O)(=O)CC1CCC(CCc2ccc(Cl)c(Cl)c2)CC1. The lowest BCUT2D eigenvalue weighted by molar-refractivity contribution is 0.278. The number of halogens is 2. The highest BCUT2D eigenvalue weighted by atomic mass is 35.5. The van der Waals surface area contributed by atoms with Crippen molar-refractivity contribution >= 4 is 33.0 Å². The summed E-state index contributed by atoms with van der Waals surface area (Å²) >= 11 is 12.0. The first kappa shape index (κ1) is 19.1. The van der Waals surface area contributed by atoms with E-state index in [9.17, 15) is 8.42 Å². The van der Waals surface area contributed by atoms with Gasteiger partial charge < -0.3 is 0 Å². The molecule has 0 amide bonds. The molecule has 0 saturated heterocycles. The van der Waals surface area contributed by atoms with Crippen molar-refractivity contribution in [1.82, 2.24) is 0 Å². The predicted octanol–water partition coefficient (Wildman–Crippen LogP) is 5.56. The molecule has 2 rings (SSSR count). The first-order valence-electron chi connectivity index (χ1n) is 8.43. The summed E-state index contributed by atoms with van der Waals surface area (Å²) in [5.74, 6) is 1.41. The highest BCUT2D eigenvalue weighted by Gasteiger charge is 2.27. The Hall–Kier alpha value is -0.250. The molecule has 1 aromatic rings. The molecule has 5 heteroatoms. The number of sulfone groups is 1. The van der Waals surface area contributed by atoms with Gasteiger partial charge in [0.25, 0.3) is 0 Å². The Morgan fingerprint density at radius 1 is 1.04 bits per heavy atom. The van der Waals surface area contributed by atoms with Gasteiger partial charge in [0.2, 0.25) is 0 Å². The molecule has 1 aliphatic carbocycles. The van der Waals surface area contributed by atoms with Crippen molar-refractivity contribution in [3.05, 3.63) is 33.8 Å². The maximum atomic E-state index is 12.0. The van der Waals surface area contributed by atoms with E-state index in [0.717, 1.165) is 38.5 Å². The van der Waals surface area contributed by atoms with Crippen LogP contribution < -0.4 is 0 Å². The van der Waals surface area contributed by atoms with Crippen LogP contribution in [0, 0.1) is 11.8 Å². The highest BCUT2D eigenvalue weighted by Crippen LogP contribution is 2.33. The molecule has 1 aliphatic rings. The molecule has 0 aliphatic heterocycles. The molecule has 2 nitrogen and oxygen atoms in total. The van der Waals surface area contributed by atoms with Crippen LogP contribution in [0.2, 0.25) is 10.0 Å². The lowest BCUT2D eigenvalue weighted by Gasteiger charge is -2.28. The number of hydrogen-bond acceptors (Lipinski definition) is 2. The predicted molar refractivity (Wildman–Crippen MR) is 99.2 cm³/mol. The minimum absolute atomic E-state index is 0.255. The third-order valence-electron chi connectivity index (χ3n) is 4.98. The summed E-state index contributed by atoms with van der Waals surface area (Å²) in [6, 6.07) is 5.84. The molecule has 0 bridgehead atoms. The number of hydrogen-bond donors (Lipinski definition) is 0. The van der Waals surface area contributed by atoms with E-state index in [2.05, 4.69) is 0 Å². The summed E-state index contributed by atoms with van der Waals surface area (Å²) in [4.78, 5) is 0. The van der Waals surface area contributed by atoms with Crippen LogP contribution >= 0.6 is 23.2 Å². The van der Waals surface area contributed by atoms with Crippen LogP contribution in [0.25, 0.3) is 0 Å². The first-order chi connectivity index (χ1) is 10.8. The van der Waals surface area contributed by atoms with Crippen molar-refractivity contribution in [2.45, 2.75) is 57.6 Å². The average Bonchev–Trinajstić information content (AvgIpc) is 2.49. The minimum Gasteiger partial charge on any atom is -0.229 e. The second-order valence-electron chi connectivity index (χ2n) is 7.05. The van der Waals surface area contributed by atoms with Gasteiger partial charge in [-0.05, 0) is 69.1 Å². The first-order valence-corrected chi connectivity index (χ1v) is 10.9. The van der Waals surface area contributed by atoms with Gasteiger partial charge in [-0.1, -0.05) is 42.1 Å². The molecule has 1 fully saturated rings. The molecule has 0 heterocycles. The summed E-state index contributed by atoms with van der Waals surface area (Å²) in [5.41, 5.74) is 1.23. The van der Waals surface area contributed by atoms with E-state index in [1.807, 2.05) is 18.2 Å². The smallest absolute Gasteiger partial charge is 0.152 e. The van der Waals surface area contributed by atoms with Gasteiger partial charge in [0.1, 0.15) is 0 Å². The third-order valence-corrected chi connectivity index (χ3v) is 8.09. The Labute approximate surface area is 150 Å². The Morgan fingerprint density at radius 3 is 2.22 bits per heavy atom. The van der Waals surface area contributed by atoms with Crippen LogP contribution in [0.5, 0.6) is 0 Å². The van der Waals surface area contributed by atoms with Crippen molar-refractivity contribution in [2.24, 2.45) is 11.8 Å². The molecule has 0 spiro atoms. The van der Waals surface area contributed by atoms with Gasteiger partial charge in [-0.3, -0.25) is 0 Å². The van der Waals surface area contributed by atoms with Gasteiger partial charge >= 0.3 is 0 Å². The van der Waals surface area contributed by atoms with Crippen LogP contribution in [-0.4, -0.2) is 19.4 Å². The monoisotopic (exact) mass is 376 g/mol. The fourth-order valence-corrected chi connectivity index (χ4v) is 4.97. The maximum absolute atomic E-state index is 12.0. The fraction of sp³-hybridized carbons (Fsp3) is 0.667. The summed E-state index contributed by atoms with van der Waals surface area (Å²) in [7, 11) is -2.91. The normalized spacial score (nSPS) is 22.5. The van der Waals surface area contributed by atoms with E-state index >= 15 is 0 Å². The van der Waals surface area contributed by atoms with Crippen LogP contribution in [0.1, 0.15) is 51.5 Å². The summed E-state index contributed by atoms with van der Waals surface area (Å²) in [6.07, 6.45) is 6.51. The molecular formula is C18H26Cl2O2S. The van der Waals surface area contributed by atoms with Gasteiger partial charge in [-0.2, -0.15) is 0 Å². The molecule has 23 heavy (non-hydrogen) atoms. The van der Waals surface area contributed by atoms with Crippen LogP contribution in [0.3, 0.4) is 0 Å². The van der Waals surface area contributed by atoms with Gasteiger partial charge in [0.15, 0.2) is 9.84 Å². The topological polar surface area (TPSA) is 34.1 Å². The fourth-order valence-electron chi connectivity index (χ4n) is 3.27. The van der Waals surface area contributed by atoms with Crippen molar-refractivity contribution in [3.8, 4) is 0 Å². The molecule has 0 unspecified atom stereocenters. The van der Waals surface area contributed by atoms with Crippen LogP contribution in [0.4, 0.5) is 0 Å². The molecule has 130 valence electrons. The lowest BCUT2D eigenvalue weighted by atomic mass is 9.80. The standard InChI is InChI=1S/C18H26Cl2O2S/c1-13(2)23(21,22)12-16-7-4-14(5-8-16)3-6-15-9-10-17(19)18(20)11-15/h9-11,13-14,16H,3-8,12H2,1-2H3. The molecule has 0 N–H and O–H groups in total. The Kier molecular flexibility index (Phi) is 6.82. The Morgan fingerprint density at radius 2 is 1.65 bits per heavy atom. The second kappa shape index (κ2) is 8.22. The van der Waals surface area contributed by atoms with E-state index in [0.29, 0.717) is 27.6 Å². The quantitative estimate of drug-likeness (QED) is 0.651. The van der Waals surface area contributed by atoms with E-state index < -0.39 is 9.84 Å². The summed E-state index contributed by atoms with van der Waals surface area (Å²) < 4.78 is 24.1. The Bertz CT molecular complexity index is 618. The maximum Gasteiger partial charge on any atom is 0.152 e. The molecular weight excluding hydrogens is 351 g/mol. The zero-order valence-corrected chi connectivity index (χ0v) is 16.2. The molecule has 0 atom stereocenters. The van der Waals surface area contributed by atoms with Crippen molar-refractivity contribution in [1.29, 1.82) is 0 Å². The number of aryl methyl sites for hydroxylation is 1. The van der Waals surface area contributed by atoms with Gasteiger partial charge in [-0.25, -0.2) is 8.42 Å². The largest absolute Gasteiger partial charge is 0.229 e. The van der Waals surface area contributed by atoms with E-state index in [1.165, 1.54) is 5.56 Å². The van der Waals surface area contributed by atoms with Gasteiger partial charge in [0.05, 0.1) is 21.0 Å². The van der Waals surface area contributed by atoms with Crippen LogP contribution in [-0.2, 0) is 16.3 Å². The zero-order valence-electron chi connectivity index (χ0n) is 13.9. The average molecular weight is 377 g/mol.